The first-order valence-corrected chi connectivity index (χ1v) is 7.54. The summed E-state index contributed by atoms with van der Waals surface area (Å²) >= 11 is 0. The first-order valence-electron chi connectivity index (χ1n) is 7.54. The van der Waals surface area contributed by atoms with Crippen LogP contribution >= 0.6 is 0 Å². The van der Waals surface area contributed by atoms with Gasteiger partial charge in [-0.25, -0.2) is 0 Å². The Balaban J connectivity index is 2.17. The van der Waals surface area contributed by atoms with Crippen LogP contribution in [0.5, 0.6) is 0 Å². The molecule has 0 spiro atoms. The van der Waals surface area contributed by atoms with Gasteiger partial charge in [0.05, 0.1) is 5.54 Å². The molecule has 0 heterocycles. The predicted molar refractivity (Wildman–Crippen MR) is 71.1 cm³/mol. The van der Waals surface area contributed by atoms with Gasteiger partial charge in [-0.3, -0.25) is 9.69 Å². The number of ketones is 1. The van der Waals surface area contributed by atoms with Gasteiger partial charge in [0.15, 0.2) is 5.78 Å². The smallest absolute Gasteiger partial charge is 0.156 e. The van der Waals surface area contributed by atoms with Gasteiger partial charge in [-0.2, -0.15) is 0 Å². The molecule has 0 bridgehead atoms. The Labute approximate surface area is 106 Å². The quantitative estimate of drug-likeness (QED) is 0.730. The fraction of sp³-hybridized carbons (Fsp3) is 0.933. The molecule has 98 valence electrons. The average Bonchev–Trinajstić information content (AvgIpc) is 3.02. The van der Waals surface area contributed by atoms with Crippen molar-refractivity contribution >= 4 is 5.78 Å². The maximum Gasteiger partial charge on any atom is 0.156 e. The summed E-state index contributed by atoms with van der Waals surface area (Å²) in [5, 5.41) is 0. The zero-order chi connectivity index (χ0) is 12.3. The van der Waals surface area contributed by atoms with E-state index in [1.165, 1.54) is 25.7 Å². The Kier molecular flexibility index (Phi) is 4.24. The molecule has 2 aliphatic rings. The molecule has 0 radical (unpaired) electrons. The SMILES string of the molecule is CCN(CC)C1(C(=O)C2CCCC2)CCCC1. The summed E-state index contributed by atoms with van der Waals surface area (Å²) in [5.74, 6) is 0.977. The minimum absolute atomic E-state index is 0.0709. The summed E-state index contributed by atoms with van der Waals surface area (Å²) in [4.78, 5) is 15.3. The van der Waals surface area contributed by atoms with Crippen LogP contribution in [-0.4, -0.2) is 29.3 Å². The van der Waals surface area contributed by atoms with E-state index in [1.807, 2.05) is 0 Å². The second kappa shape index (κ2) is 5.51. The lowest BCUT2D eigenvalue weighted by atomic mass is 9.81. The van der Waals surface area contributed by atoms with Gasteiger partial charge in [-0.1, -0.05) is 39.5 Å². The Hall–Kier alpha value is -0.370. The van der Waals surface area contributed by atoms with Crippen molar-refractivity contribution in [3.8, 4) is 0 Å². The van der Waals surface area contributed by atoms with Crippen LogP contribution in [0.4, 0.5) is 0 Å². The number of likely N-dealkylation sites (N-methyl/N-ethyl adjacent to an activating group) is 1. The summed E-state index contributed by atoms with van der Waals surface area (Å²) < 4.78 is 0. The number of hydrogen-bond donors (Lipinski definition) is 0. The van der Waals surface area contributed by atoms with Gasteiger partial charge in [-0.05, 0) is 38.8 Å². The van der Waals surface area contributed by atoms with Crippen LogP contribution in [0.1, 0.15) is 65.2 Å². The molecule has 0 aromatic rings. The number of nitrogens with zero attached hydrogens (tertiary/aromatic N) is 1. The highest BCUT2D eigenvalue weighted by molar-refractivity contribution is 5.91. The molecule has 0 aliphatic heterocycles. The van der Waals surface area contributed by atoms with E-state index in [4.69, 9.17) is 0 Å². The fourth-order valence-electron chi connectivity index (χ4n) is 4.08. The van der Waals surface area contributed by atoms with E-state index in [2.05, 4.69) is 18.7 Å². The topological polar surface area (TPSA) is 20.3 Å². The van der Waals surface area contributed by atoms with Gasteiger partial charge >= 0.3 is 0 Å². The largest absolute Gasteiger partial charge is 0.297 e. The summed E-state index contributed by atoms with van der Waals surface area (Å²) in [6.07, 6.45) is 9.57. The lowest BCUT2D eigenvalue weighted by molar-refractivity contribution is -0.135. The van der Waals surface area contributed by atoms with E-state index >= 15 is 0 Å². The van der Waals surface area contributed by atoms with Crippen molar-refractivity contribution in [2.24, 2.45) is 5.92 Å². The van der Waals surface area contributed by atoms with E-state index in [-0.39, 0.29) is 5.54 Å². The van der Waals surface area contributed by atoms with Crippen molar-refractivity contribution < 1.29 is 4.79 Å². The van der Waals surface area contributed by atoms with Gasteiger partial charge in [0.2, 0.25) is 0 Å². The highest BCUT2D eigenvalue weighted by Gasteiger charge is 2.47. The summed E-state index contributed by atoms with van der Waals surface area (Å²) in [5.41, 5.74) is -0.0709. The van der Waals surface area contributed by atoms with E-state index < -0.39 is 0 Å². The van der Waals surface area contributed by atoms with E-state index in [0.717, 1.165) is 38.8 Å². The normalized spacial score (nSPS) is 24.6. The minimum Gasteiger partial charge on any atom is -0.297 e. The molecule has 0 saturated heterocycles. The summed E-state index contributed by atoms with van der Waals surface area (Å²) in [7, 11) is 0. The Morgan fingerprint density at radius 2 is 1.59 bits per heavy atom. The average molecular weight is 237 g/mol. The molecule has 0 aromatic carbocycles. The summed E-state index contributed by atoms with van der Waals surface area (Å²) in [6.45, 7) is 6.45. The Morgan fingerprint density at radius 1 is 1.06 bits per heavy atom. The molecule has 2 saturated carbocycles. The van der Waals surface area contributed by atoms with Crippen molar-refractivity contribution in [2.75, 3.05) is 13.1 Å². The van der Waals surface area contributed by atoms with Gasteiger partial charge in [0.1, 0.15) is 0 Å². The molecule has 2 rings (SSSR count). The van der Waals surface area contributed by atoms with Crippen molar-refractivity contribution in [1.29, 1.82) is 0 Å². The first kappa shape index (κ1) is 13.1. The monoisotopic (exact) mass is 237 g/mol. The second-order valence-electron chi connectivity index (χ2n) is 5.76. The minimum atomic E-state index is -0.0709. The molecular formula is C15H27NO. The van der Waals surface area contributed by atoms with Gasteiger partial charge in [-0.15, -0.1) is 0 Å². The fourth-order valence-corrected chi connectivity index (χ4v) is 4.08. The van der Waals surface area contributed by atoms with Crippen LogP contribution in [0.3, 0.4) is 0 Å². The molecule has 0 unspecified atom stereocenters. The van der Waals surface area contributed by atoms with Crippen molar-refractivity contribution in [3.63, 3.8) is 0 Å². The molecule has 2 nitrogen and oxygen atoms in total. The molecule has 17 heavy (non-hydrogen) atoms. The number of rotatable bonds is 5. The van der Waals surface area contributed by atoms with Crippen LogP contribution < -0.4 is 0 Å². The number of Topliss-reactive ketones (excluding diaryl/α,β-unsaturated/α-hetero) is 1. The van der Waals surface area contributed by atoms with E-state index in [0.29, 0.717) is 11.7 Å². The van der Waals surface area contributed by atoms with Crippen LogP contribution in [-0.2, 0) is 4.79 Å². The standard InChI is InChI=1S/C15H27NO/c1-3-16(4-2)15(11-7-8-12-15)14(17)13-9-5-6-10-13/h13H,3-12H2,1-2H3. The molecule has 0 aromatic heterocycles. The maximum absolute atomic E-state index is 12.9. The maximum atomic E-state index is 12.9. The predicted octanol–water partition coefficient (Wildman–Crippen LogP) is 3.40. The molecule has 0 amide bonds. The third-order valence-corrected chi connectivity index (χ3v) is 4.98. The zero-order valence-corrected chi connectivity index (χ0v) is 11.5. The molecule has 0 N–H and O–H groups in total. The molecule has 0 atom stereocenters. The number of hydrogen-bond acceptors (Lipinski definition) is 2. The first-order chi connectivity index (χ1) is 8.24. The van der Waals surface area contributed by atoms with Crippen molar-refractivity contribution in [2.45, 2.75) is 70.8 Å². The lowest BCUT2D eigenvalue weighted by Gasteiger charge is -2.40. The van der Waals surface area contributed by atoms with Crippen LogP contribution in [0.15, 0.2) is 0 Å². The molecule has 2 aliphatic carbocycles. The number of carbonyl (C=O) groups is 1. The van der Waals surface area contributed by atoms with Crippen LogP contribution in [0.25, 0.3) is 0 Å². The third kappa shape index (κ3) is 2.29. The lowest BCUT2D eigenvalue weighted by Crippen LogP contribution is -2.54. The van der Waals surface area contributed by atoms with Crippen LogP contribution in [0.2, 0.25) is 0 Å². The second-order valence-corrected chi connectivity index (χ2v) is 5.76. The molecule has 2 heteroatoms. The Bertz CT molecular complexity index is 258. The van der Waals surface area contributed by atoms with E-state index in [9.17, 15) is 4.79 Å². The van der Waals surface area contributed by atoms with Gasteiger partial charge in [0, 0.05) is 5.92 Å². The van der Waals surface area contributed by atoms with Crippen LogP contribution in [0, 0.1) is 5.92 Å². The van der Waals surface area contributed by atoms with Gasteiger partial charge in [0.25, 0.3) is 0 Å². The third-order valence-electron chi connectivity index (χ3n) is 4.98. The Morgan fingerprint density at radius 3 is 2.06 bits per heavy atom. The zero-order valence-electron chi connectivity index (χ0n) is 11.5. The van der Waals surface area contributed by atoms with E-state index in [1.54, 1.807) is 0 Å². The highest BCUT2D eigenvalue weighted by atomic mass is 16.1. The number of carbonyl (C=O) groups excluding carboxylic acids is 1. The molecule has 2 fully saturated rings. The van der Waals surface area contributed by atoms with Crippen molar-refractivity contribution in [1.82, 2.24) is 4.90 Å². The highest BCUT2D eigenvalue weighted by Crippen LogP contribution is 2.41. The molecular weight excluding hydrogens is 210 g/mol. The van der Waals surface area contributed by atoms with Crippen molar-refractivity contribution in [3.05, 3.63) is 0 Å². The summed E-state index contributed by atoms with van der Waals surface area (Å²) in [6, 6.07) is 0. The van der Waals surface area contributed by atoms with Gasteiger partial charge < -0.3 is 0 Å².